The Kier molecular flexibility index (Phi) is 7.10. The molecule has 1 atom stereocenters. The summed E-state index contributed by atoms with van der Waals surface area (Å²) in [7, 11) is 0. The van der Waals surface area contributed by atoms with Crippen LogP contribution in [0.3, 0.4) is 0 Å². The molecule has 2 heterocycles. The number of nitrogens with zero attached hydrogens (tertiary/aromatic N) is 1. The minimum Gasteiger partial charge on any atom is -0.489 e. The van der Waals surface area contributed by atoms with E-state index in [2.05, 4.69) is 33.2 Å². The van der Waals surface area contributed by atoms with Crippen LogP contribution in [-0.4, -0.2) is 35.9 Å². The average molecular weight is 549 g/mol. The predicted molar refractivity (Wildman–Crippen MR) is 129 cm³/mol. The number of carbonyl (C=O) groups is 2. The zero-order chi connectivity index (χ0) is 22.7. The van der Waals surface area contributed by atoms with E-state index in [0.717, 1.165) is 40.8 Å². The molecule has 168 valence electrons. The molecule has 2 aromatic carbocycles. The lowest BCUT2D eigenvalue weighted by Gasteiger charge is -2.31. The fourth-order valence-corrected chi connectivity index (χ4v) is 4.70. The molecule has 1 fully saturated rings. The second-order valence-electron chi connectivity index (χ2n) is 8.06. The van der Waals surface area contributed by atoms with Crippen LogP contribution in [-0.2, 0) is 4.79 Å². The molecule has 0 unspecified atom stereocenters. The number of benzene rings is 2. The standard InChI is InChI=1S/C24H25FIN3O3/c1-15-12-20(26)23(32-19-6-9-27-10-7-19)14-21(15)28-24(31)29-11-8-18(30)13-22(29)16-2-4-17(25)5-3-16/h2-5,8,11-12,14,19,22,27H,6-7,9-10,13H2,1H3,(H,28,31)/t22-/m0/s1. The van der Waals surface area contributed by atoms with Crippen molar-refractivity contribution in [2.24, 2.45) is 0 Å². The van der Waals surface area contributed by atoms with Gasteiger partial charge in [0, 0.05) is 24.4 Å². The Labute approximate surface area is 200 Å². The van der Waals surface area contributed by atoms with Crippen LogP contribution in [0.25, 0.3) is 0 Å². The predicted octanol–water partition coefficient (Wildman–Crippen LogP) is 4.93. The largest absolute Gasteiger partial charge is 0.489 e. The van der Waals surface area contributed by atoms with Crippen molar-refractivity contribution in [2.75, 3.05) is 18.4 Å². The number of halogens is 2. The van der Waals surface area contributed by atoms with E-state index in [1.54, 1.807) is 12.1 Å². The number of piperidine rings is 1. The number of nitrogens with one attached hydrogen (secondary N) is 2. The second kappa shape index (κ2) is 9.99. The topological polar surface area (TPSA) is 70.7 Å². The van der Waals surface area contributed by atoms with Gasteiger partial charge in [0.25, 0.3) is 0 Å². The van der Waals surface area contributed by atoms with E-state index >= 15 is 0 Å². The molecular weight excluding hydrogens is 524 g/mol. The first-order valence-corrected chi connectivity index (χ1v) is 11.7. The van der Waals surface area contributed by atoms with Crippen molar-refractivity contribution in [3.8, 4) is 5.75 Å². The molecule has 0 aromatic heterocycles. The molecule has 4 rings (SSSR count). The van der Waals surface area contributed by atoms with E-state index in [1.165, 1.54) is 29.3 Å². The molecule has 0 spiro atoms. The number of hydrogen-bond donors (Lipinski definition) is 2. The lowest BCUT2D eigenvalue weighted by molar-refractivity contribution is -0.116. The Morgan fingerprint density at radius 2 is 1.94 bits per heavy atom. The molecule has 2 aliphatic heterocycles. The van der Waals surface area contributed by atoms with Crippen LogP contribution in [0.4, 0.5) is 14.9 Å². The normalized spacial score (nSPS) is 19.2. The number of hydrogen-bond acceptors (Lipinski definition) is 4. The highest BCUT2D eigenvalue weighted by Crippen LogP contribution is 2.33. The second-order valence-corrected chi connectivity index (χ2v) is 9.22. The summed E-state index contributed by atoms with van der Waals surface area (Å²) < 4.78 is 20.6. The van der Waals surface area contributed by atoms with Crippen LogP contribution in [0.15, 0.2) is 48.7 Å². The van der Waals surface area contributed by atoms with Crippen LogP contribution in [0.5, 0.6) is 5.75 Å². The van der Waals surface area contributed by atoms with Gasteiger partial charge in [-0.2, -0.15) is 0 Å². The molecule has 2 aliphatic rings. The van der Waals surface area contributed by atoms with Crippen molar-refractivity contribution in [1.82, 2.24) is 10.2 Å². The van der Waals surface area contributed by atoms with Crippen molar-refractivity contribution >= 4 is 40.1 Å². The number of allylic oxidation sites excluding steroid dienone is 1. The van der Waals surface area contributed by atoms with E-state index in [4.69, 9.17) is 4.74 Å². The maximum Gasteiger partial charge on any atom is 0.326 e. The molecule has 2 N–H and O–H groups in total. The summed E-state index contributed by atoms with van der Waals surface area (Å²) in [6.07, 6.45) is 5.06. The Bertz CT molecular complexity index is 1040. The fourth-order valence-electron chi connectivity index (χ4n) is 3.95. The lowest BCUT2D eigenvalue weighted by Crippen LogP contribution is -2.37. The van der Waals surface area contributed by atoms with Gasteiger partial charge >= 0.3 is 6.03 Å². The molecule has 0 saturated carbocycles. The third-order valence-electron chi connectivity index (χ3n) is 5.74. The van der Waals surface area contributed by atoms with E-state index < -0.39 is 6.04 Å². The summed E-state index contributed by atoms with van der Waals surface area (Å²) in [6.45, 7) is 3.79. The molecule has 8 heteroatoms. The highest BCUT2D eigenvalue weighted by atomic mass is 127. The third kappa shape index (κ3) is 5.29. The van der Waals surface area contributed by atoms with Crippen LogP contribution >= 0.6 is 22.6 Å². The number of anilines is 1. The number of carbonyl (C=O) groups excluding carboxylic acids is 2. The molecule has 0 bridgehead atoms. The fraction of sp³-hybridized carbons (Fsp3) is 0.333. The van der Waals surface area contributed by atoms with E-state index in [9.17, 15) is 14.0 Å². The van der Waals surface area contributed by atoms with Gasteiger partial charge < -0.3 is 15.4 Å². The highest BCUT2D eigenvalue weighted by molar-refractivity contribution is 14.1. The molecule has 2 aromatic rings. The first kappa shape index (κ1) is 22.7. The van der Waals surface area contributed by atoms with Gasteiger partial charge in [-0.3, -0.25) is 9.69 Å². The number of ketones is 1. The SMILES string of the molecule is Cc1cc(I)c(OC2CCNCC2)cc1NC(=O)N1C=CC(=O)C[C@H]1c1ccc(F)cc1. The summed E-state index contributed by atoms with van der Waals surface area (Å²) in [5.74, 6) is 0.308. The minimum absolute atomic E-state index is 0.0773. The van der Waals surface area contributed by atoms with Crippen molar-refractivity contribution in [1.29, 1.82) is 0 Å². The molecular formula is C24H25FIN3O3. The van der Waals surface area contributed by atoms with Crippen LogP contribution < -0.4 is 15.4 Å². The smallest absolute Gasteiger partial charge is 0.326 e. The number of aryl methyl sites for hydroxylation is 1. The van der Waals surface area contributed by atoms with Gasteiger partial charge in [-0.15, -0.1) is 0 Å². The Hall–Kier alpha value is -2.46. The van der Waals surface area contributed by atoms with Crippen molar-refractivity contribution in [3.05, 3.63) is 69.2 Å². The molecule has 2 amide bonds. The lowest BCUT2D eigenvalue weighted by atomic mass is 9.97. The maximum atomic E-state index is 13.4. The van der Waals surface area contributed by atoms with Gasteiger partial charge in [-0.05, 0) is 90.8 Å². The molecule has 1 saturated heterocycles. The summed E-state index contributed by atoms with van der Waals surface area (Å²) in [6, 6.07) is 8.87. The Morgan fingerprint density at radius 1 is 1.22 bits per heavy atom. The Morgan fingerprint density at radius 3 is 2.66 bits per heavy atom. The summed E-state index contributed by atoms with van der Waals surface area (Å²) in [5.41, 5.74) is 2.27. The zero-order valence-corrected chi connectivity index (χ0v) is 19.9. The first-order valence-electron chi connectivity index (χ1n) is 10.6. The van der Waals surface area contributed by atoms with Crippen LogP contribution in [0.1, 0.15) is 36.4 Å². The minimum atomic E-state index is -0.497. The quantitative estimate of drug-likeness (QED) is 0.531. The molecule has 6 nitrogen and oxygen atoms in total. The van der Waals surface area contributed by atoms with Crippen molar-refractivity contribution in [2.45, 2.75) is 38.3 Å². The van der Waals surface area contributed by atoms with Crippen molar-refractivity contribution in [3.63, 3.8) is 0 Å². The third-order valence-corrected chi connectivity index (χ3v) is 6.58. The highest BCUT2D eigenvalue weighted by Gasteiger charge is 2.29. The van der Waals surface area contributed by atoms with Crippen molar-refractivity contribution < 1.29 is 18.7 Å². The van der Waals surface area contributed by atoms with E-state index in [1.807, 2.05) is 19.1 Å². The average Bonchev–Trinajstić information content (AvgIpc) is 2.78. The van der Waals surface area contributed by atoms with Gasteiger partial charge in [0.1, 0.15) is 17.7 Å². The van der Waals surface area contributed by atoms with Gasteiger partial charge in [0.05, 0.1) is 9.61 Å². The van der Waals surface area contributed by atoms with E-state index in [-0.39, 0.29) is 30.2 Å². The summed E-state index contributed by atoms with van der Waals surface area (Å²) in [4.78, 5) is 26.7. The Balaban J connectivity index is 1.55. The number of urea groups is 1. The molecule has 0 radical (unpaired) electrons. The zero-order valence-electron chi connectivity index (χ0n) is 17.7. The first-order chi connectivity index (χ1) is 15.4. The number of ether oxygens (including phenoxy) is 1. The summed E-state index contributed by atoms with van der Waals surface area (Å²) in [5, 5.41) is 6.29. The van der Waals surface area contributed by atoms with Crippen LogP contribution in [0.2, 0.25) is 0 Å². The van der Waals surface area contributed by atoms with Gasteiger partial charge in [-0.1, -0.05) is 12.1 Å². The number of rotatable bonds is 4. The maximum absolute atomic E-state index is 13.4. The van der Waals surface area contributed by atoms with Crippen LogP contribution in [0, 0.1) is 16.3 Å². The summed E-state index contributed by atoms with van der Waals surface area (Å²) >= 11 is 2.25. The molecule has 32 heavy (non-hydrogen) atoms. The number of amides is 2. The molecule has 0 aliphatic carbocycles. The van der Waals surface area contributed by atoms with E-state index in [0.29, 0.717) is 11.3 Å². The van der Waals surface area contributed by atoms with Gasteiger partial charge in [0.15, 0.2) is 5.78 Å². The van der Waals surface area contributed by atoms with Gasteiger partial charge in [-0.25, -0.2) is 9.18 Å². The van der Waals surface area contributed by atoms with Gasteiger partial charge in [0.2, 0.25) is 0 Å². The monoisotopic (exact) mass is 549 g/mol.